The SMILES string of the molecule is CCC1=C(CC2=C(CC)SC3=CC=CC32)C2C=CC=C2S1. The van der Waals surface area contributed by atoms with E-state index < -0.39 is 0 Å². The second-order valence-corrected chi connectivity index (χ2v) is 8.18. The molecule has 0 amide bonds. The Balaban J connectivity index is 1.68. The lowest BCUT2D eigenvalue weighted by Crippen LogP contribution is -2.03. The summed E-state index contributed by atoms with van der Waals surface area (Å²) in [4.78, 5) is 6.32. The van der Waals surface area contributed by atoms with Gasteiger partial charge in [0.1, 0.15) is 0 Å². The van der Waals surface area contributed by atoms with Gasteiger partial charge in [-0.25, -0.2) is 0 Å². The van der Waals surface area contributed by atoms with Gasteiger partial charge in [-0.2, -0.15) is 0 Å². The van der Waals surface area contributed by atoms with Gasteiger partial charge in [0, 0.05) is 21.6 Å². The standard InChI is InChI=1S/C19H20S2/c1-3-16-14(12-7-5-9-18(12)20-16)11-15-13-8-6-10-19(13)21-17(15)4-2/h5-10,12-13H,3-4,11H2,1-2H3. The number of hydrogen-bond acceptors (Lipinski definition) is 2. The maximum atomic E-state index is 2.38. The molecule has 0 bridgehead atoms. The number of fused-ring (bicyclic) bond motifs is 2. The third kappa shape index (κ3) is 2.15. The average molecular weight is 313 g/mol. The second kappa shape index (κ2) is 5.40. The number of rotatable bonds is 4. The van der Waals surface area contributed by atoms with Crippen molar-refractivity contribution < 1.29 is 0 Å². The summed E-state index contributed by atoms with van der Waals surface area (Å²) in [7, 11) is 0. The Morgan fingerprint density at radius 3 is 1.71 bits per heavy atom. The molecule has 2 aliphatic carbocycles. The Morgan fingerprint density at radius 1 is 0.810 bits per heavy atom. The van der Waals surface area contributed by atoms with Gasteiger partial charge in [-0.05, 0) is 40.2 Å². The zero-order chi connectivity index (χ0) is 14.4. The lowest BCUT2D eigenvalue weighted by Gasteiger charge is -2.16. The van der Waals surface area contributed by atoms with E-state index in [9.17, 15) is 0 Å². The predicted molar refractivity (Wildman–Crippen MR) is 95.9 cm³/mol. The topological polar surface area (TPSA) is 0 Å². The van der Waals surface area contributed by atoms with E-state index in [-0.39, 0.29) is 0 Å². The van der Waals surface area contributed by atoms with Crippen LogP contribution in [-0.4, -0.2) is 0 Å². The van der Waals surface area contributed by atoms with Crippen molar-refractivity contribution in [2.75, 3.05) is 0 Å². The molecule has 0 fully saturated rings. The first-order valence-electron chi connectivity index (χ1n) is 7.88. The minimum absolute atomic E-state index is 0.582. The molecule has 2 atom stereocenters. The van der Waals surface area contributed by atoms with E-state index in [1.54, 1.807) is 30.8 Å². The van der Waals surface area contributed by atoms with Crippen LogP contribution in [0.15, 0.2) is 67.2 Å². The fraction of sp³-hybridized carbons (Fsp3) is 0.368. The van der Waals surface area contributed by atoms with Crippen molar-refractivity contribution in [1.82, 2.24) is 0 Å². The van der Waals surface area contributed by atoms with Gasteiger partial charge in [0.2, 0.25) is 0 Å². The molecular formula is C19H20S2. The minimum Gasteiger partial charge on any atom is -0.0980 e. The van der Waals surface area contributed by atoms with Crippen LogP contribution in [0.25, 0.3) is 0 Å². The summed E-state index contributed by atoms with van der Waals surface area (Å²) in [6.07, 6.45) is 17.4. The van der Waals surface area contributed by atoms with Crippen molar-refractivity contribution in [3.05, 3.63) is 67.2 Å². The van der Waals surface area contributed by atoms with E-state index in [4.69, 9.17) is 0 Å². The van der Waals surface area contributed by atoms with Crippen LogP contribution in [0.4, 0.5) is 0 Å². The number of thioether (sulfide) groups is 2. The van der Waals surface area contributed by atoms with Crippen LogP contribution in [0.2, 0.25) is 0 Å². The van der Waals surface area contributed by atoms with E-state index >= 15 is 0 Å². The van der Waals surface area contributed by atoms with Crippen LogP contribution < -0.4 is 0 Å². The van der Waals surface area contributed by atoms with E-state index in [1.807, 2.05) is 23.5 Å². The first-order valence-corrected chi connectivity index (χ1v) is 9.51. The molecule has 0 radical (unpaired) electrons. The maximum absolute atomic E-state index is 2.38. The van der Waals surface area contributed by atoms with Crippen LogP contribution in [0.3, 0.4) is 0 Å². The van der Waals surface area contributed by atoms with Crippen LogP contribution in [0.5, 0.6) is 0 Å². The third-order valence-electron chi connectivity index (χ3n) is 4.71. The Labute approximate surface area is 135 Å². The molecule has 2 unspecified atom stereocenters. The molecule has 0 N–H and O–H groups in total. The average Bonchev–Trinajstić information content (AvgIpc) is 3.21. The van der Waals surface area contributed by atoms with Crippen LogP contribution in [0.1, 0.15) is 33.1 Å². The van der Waals surface area contributed by atoms with Crippen molar-refractivity contribution >= 4 is 23.5 Å². The lowest BCUT2D eigenvalue weighted by molar-refractivity contribution is 0.826. The molecule has 0 saturated carbocycles. The smallest absolute Gasteiger partial charge is 0.0309 e. The minimum atomic E-state index is 0.582. The van der Waals surface area contributed by atoms with Crippen LogP contribution in [0, 0.1) is 11.8 Å². The van der Waals surface area contributed by atoms with E-state index in [0.29, 0.717) is 11.8 Å². The molecule has 4 rings (SSSR count). The van der Waals surface area contributed by atoms with Crippen molar-refractivity contribution in [3.63, 3.8) is 0 Å². The molecule has 2 aliphatic heterocycles. The summed E-state index contributed by atoms with van der Waals surface area (Å²) in [5.74, 6) is 1.16. The Hall–Kier alpha value is -0.860. The van der Waals surface area contributed by atoms with Crippen LogP contribution >= 0.6 is 23.5 Å². The lowest BCUT2D eigenvalue weighted by atomic mass is 9.87. The van der Waals surface area contributed by atoms with Gasteiger partial charge in [0.15, 0.2) is 0 Å². The molecule has 108 valence electrons. The highest BCUT2D eigenvalue weighted by atomic mass is 32.2. The quantitative estimate of drug-likeness (QED) is 0.594. The summed E-state index contributed by atoms with van der Waals surface area (Å²) in [6, 6.07) is 0. The fourth-order valence-electron chi connectivity index (χ4n) is 3.67. The molecular weight excluding hydrogens is 292 g/mol. The van der Waals surface area contributed by atoms with Crippen molar-refractivity contribution in [2.45, 2.75) is 33.1 Å². The van der Waals surface area contributed by atoms with Gasteiger partial charge in [-0.15, -0.1) is 0 Å². The summed E-state index contributed by atoms with van der Waals surface area (Å²) in [6.45, 7) is 4.60. The second-order valence-electron chi connectivity index (χ2n) is 5.85. The molecule has 0 aromatic carbocycles. The third-order valence-corrected chi connectivity index (χ3v) is 7.56. The largest absolute Gasteiger partial charge is 0.0980 e. The number of hydrogen-bond donors (Lipinski definition) is 0. The summed E-state index contributed by atoms with van der Waals surface area (Å²) < 4.78 is 0. The predicted octanol–water partition coefficient (Wildman–Crippen LogP) is 6.34. The Morgan fingerprint density at radius 2 is 1.29 bits per heavy atom. The summed E-state index contributed by atoms with van der Waals surface area (Å²) >= 11 is 4.05. The fourth-order valence-corrected chi connectivity index (χ4v) is 6.18. The zero-order valence-corrected chi connectivity index (χ0v) is 14.2. The highest BCUT2D eigenvalue weighted by Crippen LogP contribution is 2.56. The van der Waals surface area contributed by atoms with Gasteiger partial charge in [-0.1, -0.05) is 73.8 Å². The van der Waals surface area contributed by atoms with Crippen molar-refractivity contribution in [2.24, 2.45) is 11.8 Å². The Kier molecular flexibility index (Phi) is 3.55. The van der Waals surface area contributed by atoms with Crippen molar-refractivity contribution in [3.8, 4) is 0 Å². The summed E-state index contributed by atoms with van der Waals surface area (Å²) in [5.41, 5.74) is 3.34. The highest BCUT2D eigenvalue weighted by molar-refractivity contribution is 8.07. The van der Waals surface area contributed by atoms with E-state index in [0.717, 1.165) is 0 Å². The molecule has 21 heavy (non-hydrogen) atoms. The van der Waals surface area contributed by atoms with Crippen LogP contribution in [-0.2, 0) is 0 Å². The van der Waals surface area contributed by atoms with Gasteiger partial charge in [-0.3, -0.25) is 0 Å². The first kappa shape index (κ1) is 13.8. The highest BCUT2D eigenvalue weighted by Gasteiger charge is 2.35. The monoisotopic (exact) mass is 312 g/mol. The molecule has 0 spiro atoms. The summed E-state index contributed by atoms with van der Waals surface area (Å²) in [5, 5.41) is 0. The maximum Gasteiger partial charge on any atom is 0.0309 e. The molecule has 0 nitrogen and oxygen atoms in total. The Bertz CT molecular complexity index is 610. The van der Waals surface area contributed by atoms with Gasteiger partial charge in [0.25, 0.3) is 0 Å². The van der Waals surface area contributed by atoms with E-state index in [2.05, 4.69) is 50.3 Å². The molecule has 2 heterocycles. The molecule has 2 heteroatoms. The number of allylic oxidation sites excluding steroid dienone is 12. The molecule has 4 aliphatic rings. The molecule has 0 aromatic heterocycles. The van der Waals surface area contributed by atoms with Crippen molar-refractivity contribution in [1.29, 1.82) is 0 Å². The van der Waals surface area contributed by atoms with Gasteiger partial charge < -0.3 is 0 Å². The van der Waals surface area contributed by atoms with E-state index in [1.165, 1.54) is 19.3 Å². The molecule has 0 saturated heterocycles. The zero-order valence-electron chi connectivity index (χ0n) is 12.6. The van der Waals surface area contributed by atoms with Gasteiger partial charge in [0.05, 0.1) is 0 Å². The van der Waals surface area contributed by atoms with Gasteiger partial charge >= 0.3 is 0 Å². The molecule has 0 aromatic rings. The first-order chi connectivity index (χ1) is 10.3. The normalized spacial score (nSPS) is 29.4.